The number of alkyl halides is 1. The number of hydrogen-bond acceptors (Lipinski definition) is 8. The Labute approximate surface area is 322 Å². The first kappa shape index (κ1) is 39.0. The standard InChI is InChI=1S/C41H52F2N6O5S/c1-4-37-44-18-21-47(37)28-41(30-8-6-9-31(42)22-30,35-10-7-11-36(35)45-39(51)54-3)29-16-19-46(20-17-29)25-40(43)26-49(27-40)32-12-14-33(15-13-32)55(52,53)34-23-48(24-34)38(50)5-2/h5-6,8-9,12-15,18,21-22,29,34-36H,2,4,7,10-11,16-17,19-20,23-28H2,1,3H3,(H,45,51)/t35?,36-,41-/m0/s1. The number of hydrogen-bond donors (Lipinski definition) is 1. The van der Waals surface area contributed by atoms with E-state index < -0.39 is 32.3 Å². The molecule has 0 bridgehead atoms. The number of rotatable bonds is 13. The van der Waals surface area contributed by atoms with Crippen LogP contribution in [0.15, 0.2) is 78.5 Å². The van der Waals surface area contributed by atoms with E-state index in [0.717, 1.165) is 55.6 Å². The van der Waals surface area contributed by atoms with Crippen LogP contribution in [0.3, 0.4) is 0 Å². The van der Waals surface area contributed by atoms with E-state index in [0.29, 0.717) is 19.6 Å². The SMILES string of the molecule is C=CC(=O)N1CC(S(=O)(=O)c2ccc(N3CC(F)(CN4CCC([C@@](Cn5ccnc5CC)(c5cccc(F)c5)C5CCC[C@@H]5NC(=O)OC)CC4)C3)cc2)C1. The highest BCUT2D eigenvalue weighted by Crippen LogP contribution is 2.52. The molecule has 296 valence electrons. The van der Waals surface area contributed by atoms with Crippen LogP contribution in [-0.4, -0.2) is 110 Å². The van der Waals surface area contributed by atoms with E-state index >= 15 is 8.78 Å². The van der Waals surface area contributed by atoms with E-state index in [4.69, 9.17) is 4.74 Å². The first-order valence-electron chi connectivity index (χ1n) is 19.4. The van der Waals surface area contributed by atoms with Crippen molar-refractivity contribution in [3.05, 3.63) is 90.8 Å². The van der Waals surface area contributed by atoms with Crippen LogP contribution in [0, 0.1) is 17.7 Å². The van der Waals surface area contributed by atoms with Crippen LogP contribution >= 0.6 is 0 Å². The summed E-state index contributed by atoms with van der Waals surface area (Å²) in [6, 6.07) is 13.4. The molecule has 4 heterocycles. The zero-order valence-electron chi connectivity index (χ0n) is 31.7. The molecule has 7 rings (SSSR count). The highest BCUT2D eigenvalue weighted by atomic mass is 32.2. The zero-order chi connectivity index (χ0) is 39.0. The maximum Gasteiger partial charge on any atom is 0.407 e. The van der Waals surface area contributed by atoms with Crippen molar-refractivity contribution in [1.29, 1.82) is 0 Å². The first-order chi connectivity index (χ1) is 26.4. The largest absolute Gasteiger partial charge is 0.453 e. The van der Waals surface area contributed by atoms with Gasteiger partial charge in [-0.3, -0.25) is 9.69 Å². The minimum absolute atomic E-state index is 0.0102. The first-order valence-corrected chi connectivity index (χ1v) is 21.0. The monoisotopic (exact) mass is 778 g/mol. The van der Waals surface area contributed by atoms with Gasteiger partial charge in [0.1, 0.15) is 16.9 Å². The number of carbonyl (C=O) groups excluding carboxylic acids is 2. The molecule has 4 fully saturated rings. The second-order valence-electron chi connectivity index (χ2n) is 15.8. The summed E-state index contributed by atoms with van der Waals surface area (Å²) in [5.74, 6) is 0.505. The topological polar surface area (TPSA) is 117 Å². The molecule has 0 radical (unpaired) electrons. The number of sulfone groups is 1. The molecule has 3 atom stereocenters. The van der Waals surface area contributed by atoms with Crippen molar-refractivity contribution in [2.75, 3.05) is 57.8 Å². The Bertz CT molecular complexity index is 1970. The summed E-state index contributed by atoms with van der Waals surface area (Å²) in [6.45, 7) is 8.47. The lowest BCUT2D eigenvalue weighted by Gasteiger charge is -2.52. The molecular formula is C41H52F2N6O5S. The Balaban J connectivity index is 1.04. The predicted octanol–water partition coefficient (Wildman–Crippen LogP) is 5.16. The van der Waals surface area contributed by atoms with Gasteiger partial charge in [0.2, 0.25) is 5.91 Å². The van der Waals surface area contributed by atoms with Gasteiger partial charge in [0.15, 0.2) is 15.5 Å². The molecule has 1 unspecified atom stereocenters. The Morgan fingerprint density at radius 1 is 1.09 bits per heavy atom. The molecule has 3 aliphatic heterocycles. The fourth-order valence-electron chi connectivity index (χ4n) is 9.82. The molecule has 4 aliphatic rings. The van der Waals surface area contributed by atoms with Crippen LogP contribution in [0.4, 0.5) is 19.3 Å². The number of nitrogens with one attached hydrogen (secondary N) is 1. The van der Waals surface area contributed by atoms with Gasteiger partial charge in [-0.25, -0.2) is 27.0 Å². The van der Waals surface area contributed by atoms with Gasteiger partial charge >= 0.3 is 6.09 Å². The number of imidazole rings is 1. The number of amides is 2. The third-order valence-corrected chi connectivity index (χ3v) is 14.8. The summed E-state index contributed by atoms with van der Waals surface area (Å²) < 4.78 is 64.9. The van der Waals surface area contributed by atoms with E-state index in [1.807, 2.05) is 23.4 Å². The summed E-state index contributed by atoms with van der Waals surface area (Å²) >= 11 is 0. The number of carbonyl (C=O) groups is 2. The number of likely N-dealkylation sites (tertiary alicyclic amines) is 2. The molecule has 1 saturated carbocycles. The van der Waals surface area contributed by atoms with Crippen molar-refractivity contribution < 1.29 is 31.5 Å². The van der Waals surface area contributed by atoms with E-state index in [-0.39, 0.29) is 67.2 Å². The highest BCUT2D eigenvalue weighted by Gasteiger charge is 2.53. The summed E-state index contributed by atoms with van der Waals surface area (Å²) in [6.07, 6.45) is 9.43. The summed E-state index contributed by atoms with van der Waals surface area (Å²) in [7, 11) is -2.22. The molecule has 2 amide bonds. The molecular weight excluding hydrogens is 727 g/mol. The second kappa shape index (κ2) is 15.7. The number of benzene rings is 2. The summed E-state index contributed by atoms with van der Waals surface area (Å²) in [5, 5.41) is 2.48. The zero-order valence-corrected chi connectivity index (χ0v) is 32.5. The summed E-state index contributed by atoms with van der Waals surface area (Å²) in [4.78, 5) is 34.8. The molecule has 1 aromatic heterocycles. The van der Waals surface area contributed by atoms with Crippen LogP contribution < -0.4 is 10.2 Å². The van der Waals surface area contributed by atoms with Gasteiger partial charge in [-0.05, 0) is 98.6 Å². The van der Waals surface area contributed by atoms with Crippen molar-refractivity contribution in [3.8, 4) is 0 Å². The number of anilines is 1. The predicted molar refractivity (Wildman–Crippen MR) is 206 cm³/mol. The number of aryl methyl sites for hydroxylation is 1. The number of ether oxygens (including phenoxy) is 1. The Kier molecular flexibility index (Phi) is 11.1. The van der Waals surface area contributed by atoms with Crippen molar-refractivity contribution in [2.45, 2.75) is 79.3 Å². The smallest absolute Gasteiger partial charge is 0.407 e. The van der Waals surface area contributed by atoms with Crippen molar-refractivity contribution >= 4 is 27.5 Å². The van der Waals surface area contributed by atoms with Gasteiger partial charge in [-0.1, -0.05) is 32.1 Å². The molecule has 1 aliphatic carbocycles. The van der Waals surface area contributed by atoms with Gasteiger partial charge in [-0.2, -0.15) is 0 Å². The molecule has 0 spiro atoms. The molecule has 11 nitrogen and oxygen atoms in total. The van der Waals surface area contributed by atoms with Crippen molar-refractivity contribution in [1.82, 2.24) is 24.7 Å². The van der Waals surface area contributed by atoms with E-state index in [1.165, 1.54) is 24.2 Å². The number of aromatic nitrogens is 2. The fraction of sp³-hybridized carbons (Fsp3) is 0.537. The number of alkyl carbamates (subject to hydrolysis) is 1. The normalized spacial score (nSPS) is 23.1. The highest BCUT2D eigenvalue weighted by molar-refractivity contribution is 7.92. The maximum atomic E-state index is 16.3. The molecule has 1 N–H and O–H groups in total. The van der Waals surface area contributed by atoms with Gasteiger partial charge in [-0.15, -0.1) is 0 Å². The van der Waals surface area contributed by atoms with E-state index in [2.05, 4.69) is 33.3 Å². The third-order valence-electron chi connectivity index (χ3n) is 12.7. The number of piperidine rings is 1. The van der Waals surface area contributed by atoms with Crippen LogP contribution in [0.5, 0.6) is 0 Å². The van der Waals surface area contributed by atoms with Gasteiger partial charge < -0.3 is 24.4 Å². The van der Waals surface area contributed by atoms with Crippen LogP contribution in [0.2, 0.25) is 0 Å². The molecule has 2 aromatic carbocycles. The van der Waals surface area contributed by atoms with Gasteiger partial charge in [0.25, 0.3) is 0 Å². The fourth-order valence-corrected chi connectivity index (χ4v) is 11.5. The average molecular weight is 779 g/mol. The maximum absolute atomic E-state index is 16.3. The van der Waals surface area contributed by atoms with Gasteiger partial charge in [0.05, 0.1) is 25.1 Å². The average Bonchev–Trinajstić information content (AvgIpc) is 3.81. The van der Waals surface area contributed by atoms with Crippen LogP contribution in [-0.2, 0) is 37.7 Å². The van der Waals surface area contributed by atoms with Crippen molar-refractivity contribution in [2.24, 2.45) is 11.8 Å². The van der Waals surface area contributed by atoms with Crippen LogP contribution in [0.1, 0.15) is 50.4 Å². The van der Waals surface area contributed by atoms with Crippen molar-refractivity contribution in [3.63, 3.8) is 0 Å². The van der Waals surface area contributed by atoms with Gasteiger partial charge in [0, 0.05) is 62.1 Å². The van der Waals surface area contributed by atoms with E-state index in [9.17, 15) is 18.0 Å². The lowest BCUT2D eigenvalue weighted by Crippen LogP contribution is -2.64. The lowest BCUT2D eigenvalue weighted by atomic mass is 9.58. The number of methoxy groups -OCH3 is 1. The Morgan fingerprint density at radius 2 is 1.82 bits per heavy atom. The van der Waals surface area contributed by atoms with E-state index in [1.54, 1.807) is 36.4 Å². The molecule has 14 heteroatoms. The number of nitrogens with zero attached hydrogens (tertiary/aromatic N) is 5. The Hall–Kier alpha value is -4.30. The quantitative estimate of drug-likeness (QED) is 0.237. The minimum Gasteiger partial charge on any atom is -0.453 e. The van der Waals surface area contributed by atoms with Crippen LogP contribution in [0.25, 0.3) is 0 Å². The summed E-state index contributed by atoms with van der Waals surface area (Å²) in [5.41, 5.74) is -0.279. The lowest BCUT2D eigenvalue weighted by molar-refractivity contribution is -0.129. The molecule has 3 saturated heterocycles. The molecule has 3 aromatic rings. The third kappa shape index (κ3) is 7.64. The second-order valence-corrected chi connectivity index (χ2v) is 18.0. The number of halogens is 2. The Morgan fingerprint density at radius 3 is 2.47 bits per heavy atom. The minimum atomic E-state index is -3.59. The molecule has 55 heavy (non-hydrogen) atoms.